The number of hydrogen-bond acceptors (Lipinski definition) is 2. The van der Waals surface area contributed by atoms with E-state index in [0.717, 1.165) is 6.07 Å². The number of hydrogen-bond donors (Lipinski definition) is 0. The number of rotatable bonds is 3. The fourth-order valence-electron chi connectivity index (χ4n) is 1.05. The Balaban J connectivity index is 3.32. The van der Waals surface area contributed by atoms with E-state index in [9.17, 15) is 13.6 Å². The van der Waals surface area contributed by atoms with E-state index >= 15 is 0 Å². The molecular formula is C9H7BrF2O2. The van der Waals surface area contributed by atoms with E-state index in [1.165, 1.54) is 7.11 Å². The Kier molecular flexibility index (Phi) is 3.57. The second-order valence-electron chi connectivity index (χ2n) is 2.53. The van der Waals surface area contributed by atoms with Gasteiger partial charge in [0.25, 0.3) is 0 Å². The molecule has 0 amide bonds. The van der Waals surface area contributed by atoms with Crippen molar-refractivity contribution in [3.05, 3.63) is 29.3 Å². The van der Waals surface area contributed by atoms with Gasteiger partial charge >= 0.3 is 0 Å². The van der Waals surface area contributed by atoms with E-state index in [1.807, 2.05) is 0 Å². The van der Waals surface area contributed by atoms with E-state index in [2.05, 4.69) is 20.7 Å². The maximum atomic E-state index is 13.1. The summed E-state index contributed by atoms with van der Waals surface area (Å²) in [5.74, 6) is -2.33. The number of ether oxygens (including phenoxy) is 1. The lowest BCUT2D eigenvalue weighted by molar-refractivity contribution is 0.101. The fraction of sp³-hybridized carbons (Fsp3) is 0.222. The molecule has 0 radical (unpaired) electrons. The Hall–Kier alpha value is -0.970. The van der Waals surface area contributed by atoms with Crippen LogP contribution in [-0.2, 0) is 0 Å². The van der Waals surface area contributed by atoms with Crippen LogP contribution >= 0.6 is 15.9 Å². The van der Waals surface area contributed by atoms with Crippen LogP contribution in [0.25, 0.3) is 0 Å². The molecule has 0 saturated heterocycles. The first-order chi connectivity index (χ1) is 6.60. The molecule has 0 saturated carbocycles. The number of benzene rings is 1. The first-order valence-corrected chi connectivity index (χ1v) is 4.84. The van der Waals surface area contributed by atoms with Crippen molar-refractivity contribution in [3.63, 3.8) is 0 Å². The van der Waals surface area contributed by atoms with Gasteiger partial charge in [-0.3, -0.25) is 4.79 Å². The normalized spacial score (nSPS) is 10.0. The van der Waals surface area contributed by atoms with Gasteiger partial charge < -0.3 is 4.74 Å². The molecular weight excluding hydrogens is 258 g/mol. The molecule has 2 nitrogen and oxygen atoms in total. The lowest BCUT2D eigenvalue weighted by atomic mass is 10.1. The lowest BCUT2D eigenvalue weighted by Gasteiger charge is -2.07. The highest BCUT2D eigenvalue weighted by Crippen LogP contribution is 2.24. The zero-order valence-electron chi connectivity index (χ0n) is 7.31. The highest BCUT2D eigenvalue weighted by molar-refractivity contribution is 9.09. The van der Waals surface area contributed by atoms with E-state index in [-0.39, 0.29) is 16.6 Å². The average molecular weight is 265 g/mol. The van der Waals surface area contributed by atoms with Crippen LogP contribution in [0, 0.1) is 11.6 Å². The Bertz CT molecular complexity index is 366. The third kappa shape index (κ3) is 2.09. The molecule has 0 aliphatic carbocycles. The van der Waals surface area contributed by atoms with Gasteiger partial charge in [0, 0.05) is 6.07 Å². The topological polar surface area (TPSA) is 26.3 Å². The SMILES string of the molecule is COc1c(F)cc(F)cc1C(=O)CBr. The first kappa shape index (κ1) is 11.1. The van der Waals surface area contributed by atoms with E-state index in [0.29, 0.717) is 6.07 Å². The van der Waals surface area contributed by atoms with Crippen molar-refractivity contribution >= 4 is 21.7 Å². The molecule has 0 spiro atoms. The van der Waals surface area contributed by atoms with E-state index in [1.54, 1.807) is 0 Å². The zero-order chi connectivity index (χ0) is 10.7. The van der Waals surface area contributed by atoms with Crippen LogP contribution in [-0.4, -0.2) is 18.2 Å². The van der Waals surface area contributed by atoms with E-state index < -0.39 is 17.4 Å². The number of Topliss-reactive ketones (excluding diaryl/α,β-unsaturated/α-hetero) is 1. The summed E-state index contributed by atoms with van der Waals surface area (Å²) in [6.45, 7) is 0. The van der Waals surface area contributed by atoms with Crippen molar-refractivity contribution in [2.75, 3.05) is 12.4 Å². The molecule has 1 rings (SSSR count). The molecule has 0 aliphatic rings. The molecule has 0 atom stereocenters. The van der Waals surface area contributed by atoms with Crippen molar-refractivity contribution in [1.82, 2.24) is 0 Å². The quantitative estimate of drug-likeness (QED) is 0.620. The Morgan fingerprint density at radius 1 is 1.50 bits per heavy atom. The predicted molar refractivity (Wildman–Crippen MR) is 51.0 cm³/mol. The Morgan fingerprint density at radius 2 is 2.14 bits per heavy atom. The smallest absolute Gasteiger partial charge is 0.177 e. The summed E-state index contributed by atoms with van der Waals surface area (Å²) < 4.78 is 30.5. The molecule has 1 aromatic carbocycles. The van der Waals surface area contributed by atoms with Crippen LogP contribution in [0.4, 0.5) is 8.78 Å². The van der Waals surface area contributed by atoms with Gasteiger partial charge in [-0.2, -0.15) is 0 Å². The second-order valence-corrected chi connectivity index (χ2v) is 3.09. The van der Waals surface area contributed by atoms with Gasteiger partial charge in [-0.15, -0.1) is 0 Å². The van der Waals surface area contributed by atoms with Crippen LogP contribution in [0.5, 0.6) is 5.75 Å². The average Bonchev–Trinajstić information content (AvgIpc) is 2.15. The molecule has 0 aliphatic heterocycles. The standard InChI is InChI=1S/C9H7BrF2O2/c1-14-9-6(8(13)4-10)2-5(11)3-7(9)12/h2-3H,4H2,1H3. The number of ketones is 1. The van der Waals surface area contributed by atoms with Crippen molar-refractivity contribution in [1.29, 1.82) is 0 Å². The summed E-state index contributed by atoms with van der Waals surface area (Å²) in [5.41, 5.74) is -0.0955. The van der Waals surface area contributed by atoms with Gasteiger partial charge in [0.15, 0.2) is 17.3 Å². The third-order valence-corrected chi connectivity index (χ3v) is 2.14. The predicted octanol–water partition coefficient (Wildman–Crippen LogP) is 2.55. The summed E-state index contributed by atoms with van der Waals surface area (Å²) in [7, 11) is 1.22. The molecule has 0 unspecified atom stereocenters. The Labute approximate surface area is 88.0 Å². The minimum atomic E-state index is -0.878. The maximum Gasteiger partial charge on any atom is 0.177 e. The number of halogens is 3. The zero-order valence-corrected chi connectivity index (χ0v) is 8.90. The Morgan fingerprint density at radius 3 is 2.64 bits per heavy atom. The molecule has 1 aromatic rings. The highest BCUT2D eigenvalue weighted by Gasteiger charge is 2.16. The van der Waals surface area contributed by atoms with Gasteiger partial charge in [-0.1, -0.05) is 15.9 Å². The lowest BCUT2D eigenvalue weighted by Crippen LogP contribution is -2.05. The minimum Gasteiger partial charge on any atom is -0.493 e. The number of carbonyl (C=O) groups excluding carboxylic acids is 1. The minimum absolute atomic E-state index is 0.00769. The molecule has 0 bridgehead atoms. The van der Waals surface area contributed by atoms with Gasteiger partial charge in [-0.25, -0.2) is 8.78 Å². The molecule has 0 fully saturated rings. The van der Waals surface area contributed by atoms with Gasteiger partial charge in [0.1, 0.15) is 5.82 Å². The van der Waals surface area contributed by atoms with Crippen molar-refractivity contribution in [3.8, 4) is 5.75 Å². The van der Waals surface area contributed by atoms with Gasteiger partial charge in [0.05, 0.1) is 18.0 Å². The highest BCUT2D eigenvalue weighted by atomic mass is 79.9. The van der Waals surface area contributed by atoms with Gasteiger partial charge in [0.2, 0.25) is 0 Å². The summed E-state index contributed by atoms with van der Waals surface area (Å²) in [6.07, 6.45) is 0. The summed E-state index contributed by atoms with van der Waals surface area (Å²) in [4.78, 5) is 11.2. The number of carbonyl (C=O) groups is 1. The van der Waals surface area contributed by atoms with E-state index in [4.69, 9.17) is 0 Å². The summed E-state index contributed by atoms with van der Waals surface area (Å²) in [6, 6.07) is 1.62. The third-order valence-electron chi connectivity index (χ3n) is 1.63. The number of alkyl halides is 1. The molecule has 5 heteroatoms. The van der Waals surface area contributed by atoms with Crippen LogP contribution in [0.1, 0.15) is 10.4 Å². The molecule has 0 aromatic heterocycles. The monoisotopic (exact) mass is 264 g/mol. The summed E-state index contributed by atoms with van der Waals surface area (Å²) >= 11 is 2.91. The van der Waals surface area contributed by atoms with Crippen LogP contribution < -0.4 is 4.74 Å². The van der Waals surface area contributed by atoms with Crippen LogP contribution in [0.15, 0.2) is 12.1 Å². The van der Waals surface area contributed by atoms with Crippen molar-refractivity contribution in [2.24, 2.45) is 0 Å². The van der Waals surface area contributed by atoms with Crippen LogP contribution in [0.3, 0.4) is 0 Å². The molecule has 76 valence electrons. The van der Waals surface area contributed by atoms with Crippen molar-refractivity contribution < 1.29 is 18.3 Å². The largest absolute Gasteiger partial charge is 0.493 e. The van der Waals surface area contributed by atoms with Gasteiger partial charge in [-0.05, 0) is 6.07 Å². The molecule has 0 heterocycles. The fourth-order valence-corrected chi connectivity index (χ4v) is 1.35. The molecule has 14 heavy (non-hydrogen) atoms. The molecule has 0 N–H and O–H groups in total. The van der Waals surface area contributed by atoms with Crippen molar-refractivity contribution in [2.45, 2.75) is 0 Å². The number of methoxy groups -OCH3 is 1. The first-order valence-electron chi connectivity index (χ1n) is 3.72. The van der Waals surface area contributed by atoms with Crippen LogP contribution in [0.2, 0.25) is 0 Å². The maximum absolute atomic E-state index is 13.1. The summed E-state index contributed by atoms with van der Waals surface area (Å²) in [5, 5.41) is -0.00769. The second kappa shape index (κ2) is 4.50.